The van der Waals surface area contributed by atoms with Gasteiger partial charge in [-0.05, 0) is 45.6 Å². The summed E-state index contributed by atoms with van der Waals surface area (Å²) >= 11 is 0. The summed E-state index contributed by atoms with van der Waals surface area (Å²) in [6.45, 7) is 10.7. The molecule has 2 atom stereocenters. The predicted molar refractivity (Wildman–Crippen MR) is 58.9 cm³/mol. The number of hydrogen-bond acceptors (Lipinski definition) is 1. The van der Waals surface area contributed by atoms with Crippen LogP contribution in [-0.4, -0.2) is 23.5 Å². The van der Waals surface area contributed by atoms with Gasteiger partial charge in [0.25, 0.3) is 0 Å². The topological polar surface area (TPSA) is 3.24 Å². The van der Waals surface area contributed by atoms with Gasteiger partial charge in [0.15, 0.2) is 0 Å². The molecule has 0 unspecified atom stereocenters. The molecule has 0 saturated carbocycles. The highest BCUT2D eigenvalue weighted by molar-refractivity contribution is 4.79. The van der Waals surface area contributed by atoms with Crippen molar-refractivity contribution in [1.29, 1.82) is 0 Å². The first-order valence-corrected chi connectivity index (χ1v) is 5.87. The lowest BCUT2D eigenvalue weighted by Gasteiger charge is -2.39. The van der Waals surface area contributed by atoms with E-state index in [4.69, 9.17) is 0 Å². The Morgan fingerprint density at radius 3 is 2.15 bits per heavy atom. The van der Waals surface area contributed by atoms with Crippen LogP contribution in [0.2, 0.25) is 0 Å². The van der Waals surface area contributed by atoms with Crippen LogP contribution in [0.4, 0.5) is 0 Å². The molecule has 1 aliphatic rings. The number of hydrogen-bond donors (Lipinski definition) is 0. The van der Waals surface area contributed by atoms with Gasteiger partial charge in [-0.25, -0.2) is 0 Å². The van der Waals surface area contributed by atoms with E-state index in [0.29, 0.717) is 0 Å². The third-order valence-electron chi connectivity index (χ3n) is 3.34. The average Bonchev–Trinajstić information content (AvgIpc) is 2.03. The van der Waals surface area contributed by atoms with Crippen LogP contribution in [0.1, 0.15) is 53.4 Å². The highest BCUT2D eigenvalue weighted by atomic mass is 15.2. The molecule has 0 aromatic rings. The fourth-order valence-corrected chi connectivity index (χ4v) is 2.32. The second-order valence-corrected chi connectivity index (χ2v) is 5.05. The minimum atomic E-state index is 0.822. The van der Waals surface area contributed by atoms with Crippen molar-refractivity contribution in [2.24, 2.45) is 5.92 Å². The maximum Gasteiger partial charge on any atom is 0.00697 e. The zero-order valence-corrected chi connectivity index (χ0v) is 9.71. The molecule has 0 aliphatic carbocycles. The highest BCUT2D eigenvalue weighted by Crippen LogP contribution is 2.23. The largest absolute Gasteiger partial charge is 0.298 e. The first kappa shape index (κ1) is 11.0. The molecule has 0 aromatic heterocycles. The van der Waals surface area contributed by atoms with Crippen LogP contribution in [0.5, 0.6) is 0 Å². The molecule has 1 aliphatic heterocycles. The van der Waals surface area contributed by atoms with Gasteiger partial charge in [0.05, 0.1) is 0 Å². The van der Waals surface area contributed by atoms with Crippen LogP contribution in [0.3, 0.4) is 0 Å². The molecule has 78 valence electrons. The Morgan fingerprint density at radius 2 is 1.69 bits per heavy atom. The SMILES string of the molecule is CC(C)CCN1[C@H](C)CCC[C@@H]1C. The zero-order chi connectivity index (χ0) is 9.84. The molecule has 1 heterocycles. The van der Waals surface area contributed by atoms with Gasteiger partial charge in [-0.2, -0.15) is 0 Å². The lowest BCUT2D eigenvalue weighted by molar-refractivity contribution is 0.0978. The quantitative estimate of drug-likeness (QED) is 0.649. The van der Waals surface area contributed by atoms with Crippen molar-refractivity contribution in [3.05, 3.63) is 0 Å². The molecule has 1 rings (SSSR count). The maximum absolute atomic E-state index is 2.70. The van der Waals surface area contributed by atoms with Crippen molar-refractivity contribution in [2.45, 2.75) is 65.5 Å². The molecule has 1 saturated heterocycles. The molecule has 0 spiro atoms. The molecular weight excluding hydrogens is 158 g/mol. The highest BCUT2D eigenvalue weighted by Gasteiger charge is 2.23. The van der Waals surface area contributed by atoms with Gasteiger partial charge in [0, 0.05) is 12.1 Å². The number of likely N-dealkylation sites (tertiary alicyclic amines) is 1. The Bertz CT molecular complexity index is 132. The van der Waals surface area contributed by atoms with Crippen LogP contribution in [0, 0.1) is 5.92 Å². The Morgan fingerprint density at radius 1 is 1.15 bits per heavy atom. The zero-order valence-electron chi connectivity index (χ0n) is 9.71. The number of rotatable bonds is 3. The lowest BCUT2D eigenvalue weighted by atomic mass is 9.96. The van der Waals surface area contributed by atoms with Crippen LogP contribution < -0.4 is 0 Å². The van der Waals surface area contributed by atoms with E-state index >= 15 is 0 Å². The summed E-state index contributed by atoms with van der Waals surface area (Å²) in [5.74, 6) is 0.848. The molecule has 1 nitrogen and oxygen atoms in total. The van der Waals surface area contributed by atoms with Crippen LogP contribution in [0.25, 0.3) is 0 Å². The van der Waals surface area contributed by atoms with Gasteiger partial charge in [-0.15, -0.1) is 0 Å². The monoisotopic (exact) mass is 183 g/mol. The molecule has 0 N–H and O–H groups in total. The molecule has 0 radical (unpaired) electrons. The van der Waals surface area contributed by atoms with Crippen molar-refractivity contribution in [3.8, 4) is 0 Å². The van der Waals surface area contributed by atoms with Crippen molar-refractivity contribution in [3.63, 3.8) is 0 Å². The summed E-state index contributed by atoms with van der Waals surface area (Å²) in [5.41, 5.74) is 0. The standard InChI is InChI=1S/C12H25N/c1-10(2)8-9-13-11(3)6-5-7-12(13)4/h10-12H,5-9H2,1-4H3/t11-,12+. The Labute approximate surface area is 83.5 Å². The average molecular weight is 183 g/mol. The smallest absolute Gasteiger partial charge is 0.00697 e. The maximum atomic E-state index is 2.70. The van der Waals surface area contributed by atoms with E-state index in [9.17, 15) is 0 Å². The number of piperidine rings is 1. The van der Waals surface area contributed by atoms with Gasteiger partial charge >= 0.3 is 0 Å². The number of nitrogens with zero attached hydrogens (tertiary/aromatic N) is 1. The molecule has 13 heavy (non-hydrogen) atoms. The third-order valence-corrected chi connectivity index (χ3v) is 3.34. The Hall–Kier alpha value is -0.0400. The third kappa shape index (κ3) is 3.30. The predicted octanol–water partition coefficient (Wildman–Crippen LogP) is 3.30. The summed E-state index contributed by atoms with van der Waals surface area (Å²) in [6.07, 6.45) is 5.60. The van der Waals surface area contributed by atoms with Crippen LogP contribution >= 0.6 is 0 Å². The van der Waals surface area contributed by atoms with E-state index in [1.54, 1.807) is 0 Å². The Balaban J connectivity index is 2.35. The van der Waals surface area contributed by atoms with E-state index in [-0.39, 0.29) is 0 Å². The fraction of sp³-hybridized carbons (Fsp3) is 1.00. The first-order chi connectivity index (χ1) is 6.11. The van der Waals surface area contributed by atoms with E-state index < -0.39 is 0 Å². The second-order valence-electron chi connectivity index (χ2n) is 5.05. The minimum Gasteiger partial charge on any atom is -0.298 e. The summed E-state index contributed by atoms with van der Waals surface area (Å²) in [7, 11) is 0. The Kier molecular flexibility index (Phi) is 4.24. The van der Waals surface area contributed by atoms with Crippen LogP contribution in [0.15, 0.2) is 0 Å². The summed E-state index contributed by atoms with van der Waals surface area (Å²) in [5, 5.41) is 0. The fourth-order valence-electron chi connectivity index (χ4n) is 2.32. The van der Waals surface area contributed by atoms with E-state index in [1.807, 2.05) is 0 Å². The summed E-state index contributed by atoms with van der Waals surface area (Å²) in [4.78, 5) is 2.70. The van der Waals surface area contributed by atoms with Crippen LogP contribution in [-0.2, 0) is 0 Å². The van der Waals surface area contributed by atoms with Crippen molar-refractivity contribution in [2.75, 3.05) is 6.54 Å². The van der Waals surface area contributed by atoms with Crippen molar-refractivity contribution < 1.29 is 0 Å². The van der Waals surface area contributed by atoms with E-state index in [2.05, 4.69) is 32.6 Å². The van der Waals surface area contributed by atoms with Gasteiger partial charge < -0.3 is 0 Å². The van der Waals surface area contributed by atoms with E-state index in [0.717, 1.165) is 18.0 Å². The van der Waals surface area contributed by atoms with Gasteiger partial charge in [-0.3, -0.25) is 4.90 Å². The summed E-state index contributed by atoms with van der Waals surface area (Å²) in [6, 6.07) is 1.64. The normalized spacial score (nSPS) is 31.2. The van der Waals surface area contributed by atoms with Crippen molar-refractivity contribution >= 4 is 0 Å². The minimum absolute atomic E-state index is 0.822. The lowest BCUT2D eigenvalue weighted by Crippen LogP contribution is -2.44. The molecule has 1 fully saturated rings. The molecular formula is C12H25N. The van der Waals surface area contributed by atoms with Gasteiger partial charge in [0.1, 0.15) is 0 Å². The molecule has 0 amide bonds. The molecule has 0 bridgehead atoms. The first-order valence-electron chi connectivity index (χ1n) is 5.87. The van der Waals surface area contributed by atoms with Gasteiger partial charge in [-0.1, -0.05) is 20.3 Å². The molecule has 0 aromatic carbocycles. The molecule has 1 heteroatoms. The van der Waals surface area contributed by atoms with E-state index in [1.165, 1.54) is 32.2 Å². The summed E-state index contributed by atoms with van der Waals surface area (Å²) < 4.78 is 0. The van der Waals surface area contributed by atoms with Crippen molar-refractivity contribution in [1.82, 2.24) is 4.90 Å². The second kappa shape index (κ2) is 4.99. The van der Waals surface area contributed by atoms with Gasteiger partial charge in [0.2, 0.25) is 0 Å².